The number of aromatic amines is 1. The first kappa shape index (κ1) is 12.1. The standard InChI is InChI=1S/C12H15N5O/c1-2-13-10-6-4-3-5-9(10)12(18)14-7-11-15-8-16-17-11/h3-6,8,13H,2,7H2,1H3,(H,14,18)(H,15,16,17). The molecule has 2 rings (SSSR count). The molecular weight excluding hydrogens is 230 g/mol. The molecule has 18 heavy (non-hydrogen) atoms. The minimum Gasteiger partial charge on any atom is -0.385 e. The second-order valence-electron chi connectivity index (χ2n) is 3.69. The van der Waals surface area contributed by atoms with Crippen molar-refractivity contribution in [1.82, 2.24) is 20.5 Å². The molecule has 0 saturated heterocycles. The van der Waals surface area contributed by atoms with Gasteiger partial charge in [-0.25, -0.2) is 4.98 Å². The molecule has 1 heterocycles. The van der Waals surface area contributed by atoms with Crippen LogP contribution in [0.15, 0.2) is 30.6 Å². The van der Waals surface area contributed by atoms with Gasteiger partial charge in [-0.2, -0.15) is 5.10 Å². The molecule has 1 amide bonds. The van der Waals surface area contributed by atoms with Gasteiger partial charge in [-0.15, -0.1) is 0 Å². The van der Waals surface area contributed by atoms with Gasteiger partial charge < -0.3 is 10.6 Å². The lowest BCUT2D eigenvalue weighted by Gasteiger charge is -2.10. The maximum Gasteiger partial charge on any atom is 0.253 e. The summed E-state index contributed by atoms with van der Waals surface area (Å²) in [7, 11) is 0. The lowest BCUT2D eigenvalue weighted by molar-refractivity contribution is 0.0950. The minimum atomic E-state index is -0.136. The highest BCUT2D eigenvalue weighted by Gasteiger charge is 2.10. The number of H-pyrrole nitrogens is 1. The third kappa shape index (κ3) is 2.85. The van der Waals surface area contributed by atoms with Crippen molar-refractivity contribution in [3.63, 3.8) is 0 Å². The lowest BCUT2D eigenvalue weighted by Crippen LogP contribution is -2.24. The van der Waals surface area contributed by atoms with Gasteiger partial charge in [0.05, 0.1) is 12.1 Å². The van der Waals surface area contributed by atoms with E-state index >= 15 is 0 Å². The number of carbonyl (C=O) groups excluding carboxylic acids is 1. The van der Waals surface area contributed by atoms with Gasteiger partial charge >= 0.3 is 0 Å². The molecule has 0 aliphatic rings. The Morgan fingerprint density at radius 3 is 2.94 bits per heavy atom. The van der Waals surface area contributed by atoms with E-state index in [2.05, 4.69) is 25.8 Å². The molecule has 0 radical (unpaired) electrons. The summed E-state index contributed by atoms with van der Waals surface area (Å²) in [6.07, 6.45) is 1.41. The van der Waals surface area contributed by atoms with Gasteiger partial charge in [0.25, 0.3) is 5.91 Å². The fraction of sp³-hybridized carbons (Fsp3) is 0.250. The number of hydrogen-bond donors (Lipinski definition) is 3. The molecule has 3 N–H and O–H groups in total. The summed E-state index contributed by atoms with van der Waals surface area (Å²) < 4.78 is 0. The molecule has 0 spiro atoms. The van der Waals surface area contributed by atoms with Crippen LogP contribution in [0.5, 0.6) is 0 Å². The predicted octanol–water partition coefficient (Wildman–Crippen LogP) is 1.17. The number of para-hydroxylation sites is 1. The van der Waals surface area contributed by atoms with E-state index in [4.69, 9.17) is 0 Å². The summed E-state index contributed by atoms with van der Waals surface area (Å²) in [5, 5.41) is 12.4. The van der Waals surface area contributed by atoms with Crippen LogP contribution in [0.4, 0.5) is 5.69 Å². The van der Waals surface area contributed by atoms with Crippen LogP contribution in [-0.4, -0.2) is 27.6 Å². The van der Waals surface area contributed by atoms with Gasteiger partial charge in [-0.1, -0.05) is 12.1 Å². The number of hydrogen-bond acceptors (Lipinski definition) is 4. The van der Waals surface area contributed by atoms with E-state index in [0.717, 1.165) is 12.2 Å². The summed E-state index contributed by atoms with van der Waals surface area (Å²) >= 11 is 0. The molecule has 0 fully saturated rings. The molecule has 1 aromatic heterocycles. The van der Waals surface area contributed by atoms with E-state index in [1.165, 1.54) is 6.33 Å². The van der Waals surface area contributed by atoms with Crippen molar-refractivity contribution >= 4 is 11.6 Å². The molecule has 1 aromatic carbocycles. The third-order valence-corrected chi connectivity index (χ3v) is 2.42. The fourth-order valence-corrected chi connectivity index (χ4v) is 1.60. The number of anilines is 1. The number of aromatic nitrogens is 3. The van der Waals surface area contributed by atoms with Crippen LogP contribution in [0.3, 0.4) is 0 Å². The van der Waals surface area contributed by atoms with Crippen molar-refractivity contribution in [1.29, 1.82) is 0 Å². The molecule has 6 heteroatoms. The Kier molecular flexibility index (Phi) is 3.90. The molecule has 2 aromatic rings. The zero-order chi connectivity index (χ0) is 12.8. The minimum absolute atomic E-state index is 0.136. The Bertz CT molecular complexity index is 509. The highest BCUT2D eigenvalue weighted by molar-refractivity contribution is 5.99. The Balaban J connectivity index is 2.04. The lowest BCUT2D eigenvalue weighted by atomic mass is 10.1. The van der Waals surface area contributed by atoms with Crippen LogP contribution in [0, 0.1) is 0 Å². The quantitative estimate of drug-likeness (QED) is 0.738. The first-order chi connectivity index (χ1) is 8.81. The maximum absolute atomic E-state index is 12.0. The van der Waals surface area contributed by atoms with Crippen molar-refractivity contribution in [2.45, 2.75) is 13.5 Å². The summed E-state index contributed by atoms with van der Waals surface area (Å²) in [5.41, 5.74) is 1.45. The summed E-state index contributed by atoms with van der Waals surface area (Å²) in [6, 6.07) is 7.40. The van der Waals surface area contributed by atoms with Crippen molar-refractivity contribution in [2.75, 3.05) is 11.9 Å². The number of amides is 1. The first-order valence-electron chi connectivity index (χ1n) is 5.76. The van der Waals surface area contributed by atoms with Crippen LogP contribution < -0.4 is 10.6 Å². The van der Waals surface area contributed by atoms with Crippen LogP contribution in [0.1, 0.15) is 23.1 Å². The SMILES string of the molecule is CCNc1ccccc1C(=O)NCc1ncn[nH]1. The normalized spacial score (nSPS) is 10.1. The van der Waals surface area contributed by atoms with E-state index in [0.29, 0.717) is 17.9 Å². The first-order valence-corrected chi connectivity index (χ1v) is 5.76. The van der Waals surface area contributed by atoms with Gasteiger partial charge in [0.1, 0.15) is 12.2 Å². The number of rotatable bonds is 5. The number of nitrogens with zero attached hydrogens (tertiary/aromatic N) is 2. The van der Waals surface area contributed by atoms with Crippen molar-refractivity contribution in [2.24, 2.45) is 0 Å². The zero-order valence-electron chi connectivity index (χ0n) is 10.1. The second-order valence-corrected chi connectivity index (χ2v) is 3.69. The summed E-state index contributed by atoms with van der Waals surface area (Å²) in [4.78, 5) is 16.0. The van der Waals surface area contributed by atoms with Crippen LogP contribution in [0.25, 0.3) is 0 Å². The van der Waals surface area contributed by atoms with E-state index in [-0.39, 0.29) is 5.91 Å². The Morgan fingerprint density at radius 2 is 2.22 bits per heavy atom. The third-order valence-electron chi connectivity index (χ3n) is 2.42. The largest absolute Gasteiger partial charge is 0.385 e. The number of nitrogens with one attached hydrogen (secondary N) is 3. The summed E-state index contributed by atoms with van der Waals surface area (Å²) in [5.74, 6) is 0.493. The maximum atomic E-state index is 12.0. The Labute approximate surface area is 105 Å². The van der Waals surface area contributed by atoms with Crippen LogP contribution in [0.2, 0.25) is 0 Å². The molecule has 0 unspecified atom stereocenters. The highest BCUT2D eigenvalue weighted by atomic mass is 16.1. The zero-order valence-corrected chi connectivity index (χ0v) is 10.1. The van der Waals surface area contributed by atoms with E-state index < -0.39 is 0 Å². The van der Waals surface area contributed by atoms with E-state index in [9.17, 15) is 4.79 Å². The van der Waals surface area contributed by atoms with Crippen LogP contribution in [-0.2, 0) is 6.54 Å². The predicted molar refractivity (Wildman–Crippen MR) is 68.2 cm³/mol. The number of carbonyl (C=O) groups is 1. The van der Waals surface area contributed by atoms with Crippen molar-refractivity contribution in [3.05, 3.63) is 42.0 Å². The average Bonchev–Trinajstić information content (AvgIpc) is 2.90. The van der Waals surface area contributed by atoms with Crippen molar-refractivity contribution in [3.8, 4) is 0 Å². The summed E-state index contributed by atoms with van der Waals surface area (Å²) in [6.45, 7) is 3.09. The molecular formula is C12H15N5O. The number of benzene rings is 1. The van der Waals surface area contributed by atoms with Gasteiger partial charge in [0.15, 0.2) is 0 Å². The molecule has 0 atom stereocenters. The molecule has 0 aliphatic carbocycles. The van der Waals surface area contributed by atoms with Crippen LogP contribution >= 0.6 is 0 Å². The highest BCUT2D eigenvalue weighted by Crippen LogP contribution is 2.14. The van der Waals surface area contributed by atoms with Crippen molar-refractivity contribution < 1.29 is 4.79 Å². The monoisotopic (exact) mass is 245 g/mol. The Hall–Kier alpha value is -2.37. The van der Waals surface area contributed by atoms with E-state index in [1.807, 2.05) is 25.1 Å². The fourth-order valence-electron chi connectivity index (χ4n) is 1.60. The topological polar surface area (TPSA) is 82.7 Å². The smallest absolute Gasteiger partial charge is 0.253 e. The van der Waals surface area contributed by atoms with Gasteiger partial charge in [-0.05, 0) is 19.1 Å². The van der Waals surface area contributed by atoms with E-state index in [1.54, 1.807) is 6.07 Å². The average molecular weight is 245 g/mol. The molecule has 6 nitrogen and oxygen atoms in total. The van der Waals surface area contributed by atoms with Gasteiger partial charge in [0.2, 0.25) is 0 Å². The Morgan fingerprint density at radius 1 is 1.39 bits per heavy atom. The van der Waals surface area contributed by atoms with Gasteiger partial charge in [0, 0.05) is 12.2 Å². The molecule has 0 bridgehead atoms. The van der Waals surface area contributed by atoms with Gasteiger partial charge in [-0.3, -0.25) is 9.89 Å². The second kappa shape index (κ2) is 5.81. The molecule has 0 aliphatic heterocycles. The molecule has 0 saturated carbocycles. The molecule has 94 valence electrons.